The molecule has 0 radical (unpaired) electrons. The van der Waals surface area contributed by atoms with Crippen LogP contribution in [0.2, 0.25) is 0 Å². The van der Waals surface area contributed by atoms with E-state index in [1.54, 1.807) is 20.3 Å². The van der Waals surface area contributed by atoms with Crippen molar-refractivity contribution in [3.05, 3.63) is 12.3 Å². The summed E-state index contributed by atoms with van der Waals surface area (Å²) in [5.41, 5.74) is 0. The summed E-state index contributed by atoms with van der Waals surface area (Å²) in [6, 6.07) is 0. The Morgan fingerprint density at radius 2 is 2.17 bits per heavy atom. The predicted molar refractivity (Wildman–Crippen MR) is 42.7 cm³/mol. The van der Waals surface area contributed by atoms with Crippen molar-refractivity contribution < 1.29 is 19.3 Å². The van der Waals surface area contributed by atoms with Gasteiger partial charge in [0.1, 0.15) is 18.3 Å². The van der Waals surface area contributed by atoms with Crippen molar-refractivity contribution in [2.24, 2.45) is 0 Å². The van der Waals surface area contributed by atoms with Crippen molar-refractivity contribution in [1.82, 2.24) is 0 Å². The highest BCUT2D eigenvalue weighted by atomic mass is 16.6. The van der Waals surface area contributed by atoms with Crippen LogP contribution in [-0.4, -0.2) is 44.2 Å². The Labute approximate surface area is 71.7 Å². The highest BCUT2D eigenvalue weighted by Crippen LogP contribution is 2.16. The largest absolute Gasteiger partial charge is 0.493 e. The Hall–Kier alpha value is -0.580. The van der Waals surface area contributed by atoms with Crippen LogP contribution in [0.1, 0.15) is 0 Å². The zero-order chi connectivity index (χ0) is 8.97. The predicted octanol–water partition coefficient (Wildman–Crippen LogP) is -0.0788. The molecule has 1 aliphatic rings. The zero-order valence-electron chi connectivity index (χ0n) is 7.27. The third-order valence-corrected chi connectivity index (χ3v) is 1.94. The maximum Gasteiger partial charge on any atom is 0.150 e. The Bertz CT molecular complexity index is 157. The molecule has 0 spiro atoms. The van der Waals surface area contributed by atoms with Gasteiger partial charge in [-0.3, -0.25) is 0 Å². The smallest absolute Gasteiger partial charge is 0.150 e. The Morgan fingerprint density at radius 1 is 1.42 bits per heavy atom. The van der Waals surface area contributed by atoms with Crippen LogP contribution in [0, 0.1) is 0 Å². The van der Waals surface area contributed by atoms with Crippen molar-refractivity contribution >= 4 is 0 Å². The zero-order valence-corrected chi connectivity index (χ0v) is 7.27. The summed E-state index contributed by atoms with van der Waals surface area (Å²) >= 11 is 0. The molecular weight excluding hydrogens is 160 g/mol. The summed E-state index contributed by atoms with van der Waals surface area (Å²) in [4.78, 5) is 0. The highest BCUT2D eigenvalue weighted by molar-refractivity contribution is 4.98. The van der Waals surface area contributed by atoms with Gasteiger partial charge >= 0.3 is 0 Å². The molecule has 4 heteroatoms. The molecule has 0 fully saturated rings. The molecule has 0 aromatic heterocycles. The van der Waals surface area contributed by atoms with Gasteiger partial charge in [-0.1, -0.05) is 0 Å². The first-order chi connectivity index (χ1) is 5.83. The van der Waals surface area contributed by atoms with E-state index in [1.165, 1.54) is 6.26 Å². The first kappa shape index (κ1) is 9.51. The number of methoxy groups -OCH3 is 2. The van der Waals surface area contributed by atoms with E-state index in [-0.39, 0.29) is 24.9 Å². The van der Waals surface area contributed by atoms with Crippen LogP contribution in [0.25, 0.3) is 0 Å². The number of ether oxygens (including phenoxy) is 3. The third kappa shape index (κ3) is 1.77. The molecule has 0 saturated heterocycles. The van der Waals surface area contributed by atoms with Gasteiger partial charge in [-0.05, 0) is 6.08 Å². The second kappa shape index (κ2) is 4.45. The molecule has 1 heterocycles. The number of hydrogen-bond acceptors (Lipinski definition) is 4. The lowest BCUT2D eigenvalue weighted by Crippen LogP contribution is -2.44. The first-order valence-electron chi connectivity index (χ1n) is 3.82. The molecule has 0 unspecified atom stereocenters. The van der Waals surface area contributed by atoms with Gasteiger partial charge < -0.3 is 19.3 Å². The summed E-state index contributed by atoms with van der Waals surface area (Å²) in [5.74, 6) is 0. The van der Waals surface area contributed by atoms with E-state index in [9.17, 15) is 0 Å². The Morgan fingerprint density at radius 3 is 2.67 bits per heavy atom. The van der Waals surface area contributed by atoms with Crippen molar-refractivity contribution in [2.75, 3.05) is 20.8 Å². The Balaban J connectivity index is 2.63. The molecule has 4 nitrogen and oxygen atoms in total. The van der Waals surface area contributed by atoms with Crippen LogP contribution >= 0.6 is 0 Å². The lowest BCUT2D eigenvalue weighted by Gasteiger charge is -2.31. The third-order valence-electron chi connectivity index (χ3n) is 1.94. The van der Waals surface area contributed by atoms with Crippen molar-refractivity contribution in [1.29, 1.82) is 0 Å². The topological polar surface area (TPSA) is 47.9 Å². The fraction of sp³-hybridized carbons (Fsp3) is 0.750. The highest BCUT2D eigenvalue weighted by Gasteiger charge is 2.31. The summed E-state index contributed by atoms with van der Waals surface area (Å²) in [6.45, 7) is -0.0668. The van der Waals surface area contributed by atoms with Crippen LogP contribution in [0.3, 0.4) is 0 Å². The minimum absolute atomic E-state index is 0.0668. The van der Waals surface area contributed by atoms with Gasteiger partial charge in [0.2, 0.25) is 0 Å². The van der Waals surface area contributed by atoms with Crippen LogP contribution in [0.5, 0.6) is 0 Å². The van der Waals surface area contributed by atoms with E-state index in [2.05, 4.69) is 0 Å². The quantitative estimate of drug-likeness (QED) is 0.650. The molecule has 1 N–H and O–H groups in total. The van der Waals surface area contributed by atoms with E-state index in [1.807, 2.05) is 0 Å². The molecular formula is C8H14O4. The van der Waals surface area contributed by atoms with Gasteiger partial charge in [0.05, 0.1) is 12.9 Å². The minimum Gasteiger partial charge on any atom is -0.493 e. The van der Waals surface area contributed by atoms with E-state index < -0.39 is 0 Å². The molecule has 12 heavy (non-hydrogen) atoms. The SMILES string of the molecule is CO[C@@H]1[C@H](OC)C=CO[C@@H]1CO. The minimum atomic E-state index is -0.329. The normalized spacial score (nSPS) is 34.8. The number of aliphatic hydroxyl groups excluding tert-OH is 1. The van der Waals surface area contributed by atoms with Crippen LogP contribution in [0.15, 0.2) is 12.3 Å². The number of rotatable bonds is 3. The average Bonchev–Trinajstić information content (AvgIpc) is 2.16. The van der Waals surface area contributed by atoms with Gasteiger partial charge in [-0.2, -0.15) is 0 Å². The maximum atomic E-state index is 8.91. The molecule has 1 rings (SSSR count). The van der Waals surface area contributed by atoms with Crippen molar-refractivity contribution in [3.63, 3.8) is 0 Å². The van der Waals surface area contributed by atoms with Crippen molar-refractivity contribution in [3.8, 4) is 0 Å². The van der Waals surface area contributed by atoms with E-state index in [0.717, 1.165) is 0 Å². The maximum absolute atomic E-state index is 8.91. The summed E-state index contributed by atoms with van der Waals surface area (Å²) in [7, 11) is 3.17. The summed E-state index contributed by atoms with van der Waals surface area (Å²) < 4.78 is 15.4. The molecule has 0 aliphatic carbocycles. The van der Waals surface area contributed by atoms with Gasteiger partial charge in [0.15, 0.2) is 0 Å². The standard InChI is InChI=1S/C8H14O4/c1-10-6-3-4-12-7(5-9)8(6)11-2/h3-4,6-9H,5H2,1-2H3/t6-,7-,8-/m1/s1. The molecule has 0 bridgehead atoms. The van der Waals surface area contributed by atoms with Crippen LogP contribution in [-0.2, 0) is 14.2 Å². The van der Waals surface area contributed by atoms with Gasteiger partial charge in [-0.25, -0.2) is 0 Å². The fourth-order valence-corrected chi connectivity index (χ4v) is 1.27. The monoisotopic (exact) mass is 174 g/mol. The molecule has 0 amide bonds. The lowest BCUT2D eigenvalue weighted by molar-refractivity contribution is -0.109. The summed E-state index contributed by atoms with van der Waals surface area (Å²) in [6.07, 6.45) is 2.60. The molecule has 0 aromatic rings. The second-order valence-corrected chi connectivity index (χ2v) is 2.59. The van der Waals surface area contributed by atoms with Crippen LogP contribution in [0.4, 0.5) is 0 Å². The molecule has 1 aliphatic heterocycles. The first-order valence-corrected chi connectivity index (χ1v) is 3.82. The molecule has 3 atom stereocenters. The van der Waals surface area contributed by atoms with E-state index in [0.29, 0.717) is 0 Å². The van der Waals surface area contributed by atoms with Crippen molar-refractivity contribution in [2.45, 2.75) is 18.3 Å². The molecule has 70 valence electrons. The second-order valence-electron chi connectivity index (χ2n) is 2.59. The number of aliphatic hydroxyl groups is 1. The number of hydrogen-bond donors (Lipinski definition) is 1. The van der Waals surface area contributed by atoms with Crippen LogP contribution < -0.4 is 0 Å². The molecule has 0 saturated carbocycles. The van der Waals surface area contributed by atoms with E-state index >= 15 is 0 Å². The fourth-order valence-electron chi connectivity index (χ4n) is 1.27. The summed E-state index contributed by atoms with van der Waals surface area (Å²) in [5, 5.41) is 8.91. The Kier molecular flexibility index (Phi) is 3.52. The average molecular weight is 174 g/mol. The lowest BCUT2D eigenvalue weighted by atomic mass is 10.1. The molecule has 0 aromatic carbocycles. The van der Waals surface area contributed by atoms with Gasteiger partial charge in [0, 0.05) is 14.2 Å². The van der Waals surface area contributed by atoms with Gasteiger partial charge in [0.25, 0.3) is 0 Å². The van der Waals surface area contributed by atoms with E-state index in [4.69, 9.17) is 19.3 Å². The van der Waals surface area contributed by atoms with Gasteiger partial charge in [-0.15, -0.1) is 0 Å².